The van der Waals surface area contributed by atoms with Gasteiger partial charge in [0.15, 0.2) is 11.5 Å². The lowest BCUT2D eigenvalue weighted by atomic mass is 10.2. The standard InChI is InChI=1S/C18H19ClN4O2S/c1-2-24-16-9-5-7-13(10-21-23-12-20-22-18(23)26)17(16)25-11-14-6-3-4-8-15(14)19/h3-9,12,21H,2,10-11H2,1H3,(H,22,26). The van der Waals surface area contributed by atoms with Crippen molar-refractivity contribution in [1.29, 1.82) is 0 Å². The van der Waals surface area contributed by atoms with Crippen molar-refractivity contribution in [1.82, 2.24) is 14.9 Å². The Balaban J connectivity index is 1.82. The Morgan fingerprint density at radius 1 is 1.15 bits per heavy atom. The smallest absolute Gasteiger partial charge is 0.214 e. The molecule has 26 heavy (non-hydrogen) atoms. The predicted molar refractivity (Wildman–Crippen MR) is 104 cm³/mol. The van der Waals surface area contributed by atoms with Crippen molar-refractivity contribution in [2.45, 2.75) is 20.1 Å². The third kappa shape index (κ3) is 4.36. The van der Waals surface area contributed by atoms with Crippen LogP contribution in [0.1, 0.15) is 18.1 Å². The highest BCUT2D eigenvalue weighted by atomic mass is 35.5. The molecule has 0 saturated heterocycles. The molecule has 0 fully saturated rings. The highest BCUT2D eigenvalue weighted by Crippen LogP contribution is 2.33. The van der Waals surface area contributed by atoms with E-state index in [4.69, 9.17) is 33.3 Å². The maximum Gasteiger partial charge on any atom is 0.214 e. The number of benzene rings is 2. The third-order valence-corrected chi connectivity index (χ3v) is 4.34. The van der Waals surface area contributed by atoms with Gasteiger partial charge in [0.25, 0.3) is 0 Å². The maximum absolute atomic E-state index is 6.23. The van der Waals surface area contributed by atoms with E-state index in [1.807, 2.05) is 49.4 Å². The number of rotatable bonds is 8. The molecule has 0 spiro atoms. The van der Waals surface area contributed by atoms with Gasteiger partial charge in [-0.05, 0) is 31.3 Å². The second-order valence-electron chi connectivity index (χ2n) is 5.42. The Morgan fingerprint density at radius 2 is 1.96 bits per heavy atom. The Kier molecular flexibility index (Phi) is 6.14. The summed E-state index contributed by atoms with van der Waals surface area (Å²) in [6.07, 6.45) is 1.58. The molecule has 0 bridgehead atoms. The van der Waals surface area contributed by atoms with Gasteiger partial charge in [0.2, 0.25) is 4.77 Å². The van der Waals surface area contributed by atoms with E-state index in [0.717, 1.165) is 11.1 Å². The minimum atomic E-state index is 0.349. The number of hydrogen-bond acceptors (Lipinski definition) is 5. The van der Waals surface area contributed by atoms with Gasteiger partial charge in [-0.25, -0.2) is 4.68 Å². The zero-order valence-electron chi connectivity index (χ0n) is 14.2. The summed E-state index contributed by atoms with van der Waals surface area (Å²) in [4.78, 5) is 0. The first kappa shape index (κ1) is 18.3. The van der Waals surface area contributed by atoms with Crippen molar-refractivity contribution < 1.29 is 9.47 Å². The molecule has 1 heterocycles. The third-order valence-electron chi connectivity index (χ3n) is 3.68. The molecule has 2 aromatic carbocycles. The van der Waals surface area contributed by atoms with Crippen LogP contribution >= 0.6 is 23.8 Å². The highest BCUT2D eigenvalue weighted by molar-refractivity contribution is 7.71. The summed E-state index contributed by atoms with van der Waals surface area (Å²) in [6.45, 7) is 3.33. The van der Waals surface area contributed by atoms with Gasteiger partial charge in [-0.1, -0.05) is 41.9 Å². The van der Waals surface area contributed by atoms with Crippen molar-refractivity contribution in [2.24, 2.45) is 0 Å². The van der Waals surface area contributed by atoms with Crippen LogP contribution in [0.15, 0.2) is 48.8 Å². The Labute approximate surface area is 161 Å². The SMILES string of the molecule is CCOc1cccc(CNn2cn[nH]c2=S)c1OCc1ccccc1Cl. The van der Waals surface area contributed by atoms with Gasteiger partial charge in [0.1, 0.15) is 12.9 Å². The zero-order chi connectivity index (χ0) is 18.4. The summed E-state index contributed by atoms with van der Waals surface area (Å²) in [7, 11) is 0. The Hall–Kier alpha value is -2.51. The van der Waals surface area contributed by atoms with E-state index in [9.17, 15) is 0 Å². The van der Waals surface area contributed by atoms with Gasteiger partial charge in [0, 0.05) is 16.1 Å². The van der Waals surface area contributed by atoms with Crippen molar-refractivity contribution in [2.75, 3.05) is 12.0 Å². The second-order valence-corrected chi connectivity index (χ2v) is 6.22. The second kappa shape index (κ2) is 8.73. The minimum absolute atomic E-state index is 0.349. The van der Waals surface area contributed by atoms with Crippen LogP contribution in [0.3, 0.4) is 0 Å². The molecule has 0 amide bonds. The lowest BCUT2D eigenvalue weighted by molar-refractivity contribution is 0.267. The fourth-order valence-electron chi connectivity index (χ4n) is 2.43. The number of para-hydroxylation sites is 1. The van der Waals surface area contributed by atoms with Gasteiger partial charge in [-0.3, -0.25) is 5.10 Å². The van der Waals surface area contributed by atoms with Crippen molar-refractivity contribution in [3.8, 4) is 11.5 Å². The molecule has 0 aliphatic heterocycles. The van der Waals surface area contributed by atoms with Crippen molar-refractivity contribution >= 4 is 23.8 Å². The summed E-state index contributed by atoms with van der Waals surface area (Å²) in [6, 6.07) is 13.4. The first-order valence-electron chi connectivity index (χ1n) is 8.16. The van der Waals surface area contributed by atoms with E-state index in [0.29, 0.717) is 41.1 Å². The van der Waals surface area contributed by atoms with Gasteiger partial charge in [-0.15, -0.1) is 0 Å². The molecule has 0 atom stereocenters. The lowest BCUT2D eigenvalue weighted by Gasteiger charge is -2.17. The molecule has 0 aliphatic carbocycles. The molecule has 1 aromatic heterocycles. The van der Waals surface area contributed by atoms with Crippen LogP contribution < -0.4 is 14.9 Å². The van der Waals surface area contributed by atoms with E-state index < -0.39 is 0 Å². The molecular weight excluding hydrogens is 372 g/mol. The average molecular weight is 391 g/mol. The van der Waals surface area contributed by atoms with E-state index in [-0.39, 0.29) is 0 Å². The molecule has 0 radical (unpaired) electrons. The topological polar surface area (TPSA) is 64.1 Å². The number of ether oxygens (including phenoxy) is 2. The Morgan fingerprint density at radius 3 is 2.69 bits per heavy atom. The fourth-order valence-corrected chi connectivity index (χ4v) is 2.78. The van der Waals surface area contributed by atoms with Gasteiger partial charge >= 0.3 is 0 Å². The predicted octanol–water partition coefficient (Wildman–Crippen LogP) is 4.32. The van der Waals surface area contributed by atoms with E-state index in [2.05, 4.69) is 15.6 Å². The first-order chi connectivity index (χ1) is 12.7. The molecule has 136 valence electrons. The van der Waals surface area contributed by atoms with Crippen LogP contribution in [0.5, 0.6) is 11.5 Å². The molecule has 0 saturated carbocycles. The summed E-state index contributed by atoms with van der Waals surface area (Å²) in [5, 5.41) is 7.26. The number of halogens is 1. The van der Waals surface area contributed by atoms with Crippen LogP contribution in [0.4, 0.5) is 0 Å². The average Bonchev–Trinajstić information content (AvgIpc) is 3.05. The number of H-pyrrole nitrogens is 1. The number of nitrogens with one attached hydrogen (secondary N) is 2. The van der Waals surface area contributed by atoms with Crippen LogP contribution in [0.2, 0.25) is 5.02 Å². The molecule has 0 aliphatic rings. The molecule has 2 N–H and O–H groups in total. The summed E-state index contributed by atoms with van der Waals surface area (Å²) in [5.41, 5.74) is 5.04. The van der Waals surface area contributed by atoms with Gasteiger partial charge in [-0.2, -0.15) is 5.10 Å². The summed E-state index contributed by atoms with van der Waals surface area (Å²) < 4.78 is 13.9. The molecule has 3 rings (SSSR count). The molecule has 6 nitrogen and oxygen atoms in total. The highest BCUT2D eigenvalue weighted by Gasteiger charge is 2.12. The fraction of sp³-hybridized carbons (Fsp3) is 0.222. The van der Waals surface area contributed by atoms with E-state index in [1.54, 1.807) is 11.0 Å². The first-order valence-corrected chi connectivity index (χ1v) is 8.94. The van der Waals surface area contributed by atoms with Gasteiger partial charge < -0.3 is 14.9 Å². The van der Waals surface area contributed by atoms with Gasteiger partial charge in [0.05, 0.1) is 13.2 Å². The summed E-state index contributed by atoms with van der Waals surface area (Å²) in [5.74, 6) is 1.37. The molecular formula is C18H19ClN4O2S. The number of hydrogen-bond donors (Lipinski definition) is 2. The Bertz CT molecular complexity index is 925. The van der Waals surface area contributed by atoms with E-state index in [1.165, 1.54) is 0 Å². The number of aromatic nitrogens is 3. The quantitative estimate of drug-likeness (QED) is 0.561. The molecule has 3 aromatic rings. The normalized spacial score (nSPS) is 10.5. The number of nitrogens with zero attached hydrogens (tertiary/aromatic N) is 2. The van der Waals surface area contributed by atoms with Crippen molar-refractivity contribution in [3.05, 3.63) is 69.7 Å². The zero-order valence-corrected chi connectivity index (χ0v) is 15.8. The molecule has 0 unspecified atom stereocenters. The van der Waals surface area contributed by atoms with E-state index >= 15 is 0 Å². The lowest BCUT2D eigenvalue weighted by Crippen LogP contribution is -2.14. The van der Waals surface area contributed by atoms with Crippen LogP contribution in [0, 0.1) is 4.77 Å². The minimum Gasteiger partial charge on any atom is -0.490 e. The molecule has 8 heteroatoms. The number of aromatic amines is 1. The maximum atomic E-state index is 6.23. The van der Waals surface area contributed by atoms with Crippen LogP contribution in [-0.2, 0) is 13.2 Å². The van der Waals surface area contributed by atoms with Crippen LogP contribution in [-0.4, -0.2) is 21.5 Å². The largest absolute Gasteiger partial charge is 0.490 e. The summed E-state index contributed by atoms with van der Waals surface area (Å²) >= 11 is 11.4. The van der Waals surface area contributed by atoms with Crippen LogP contribution in [0.25, 0.3) is 0 Å². The van der Waals surface area contributed by atoms with Crippen molar-refractivity contribution in [3.63, 3.8) is 0 Å². The monoisotopic (exact) mass is 390 g/mol.